The first-order valence-corrected chi connectivity index (χ1v) is 9.51. The standard InChI is InChI=1S/C22H21FN2O4/c23-17-7-5-16(6-8-17)19(15-18-3-1-13-28-18)21(26)24-9-11-25(12-10-24)22(27)20-4-2-14-29-20/h1-8,13-14,19H,9-12,15H2. The highest BCUT2D eigenvalue weighted by Crippen LogP contribution is 2.25. The lowest BCUT2D eigenvalue weighted by Crippen LogP contribution is -2.51. The van der Waals surface area contributed by atoms with Crippen molar-refractivity contribution in [2.75, 3.05) is 26.2 Å². The number of furan rings is 2. The summed E-state index contributed by atoms with van der Waals surface area (Å²) in [6.07, 6.45) is 3.43. The van der Waals surface area contributed by atoms with Crippen molar-refractivity contribution in [3.8, 4) is 0 Å². The Morgan fingerprint density at radius 1 is 0.897 bits per heavy atom. The highest BCUT2D eigenvalue weighted by Gasteiger charge is 2.31. The zero-order valence-corrected chi connectivity index (χ0v) is 15.8. The van der Waals surface area contributed by atoms with Gasteiger partial charge < -0.3 is 18.6 Å². The number of amides is 2. The van der Waals surface area contributed by atoms with Crippen LogP contribution in [0.15, 0.2) is 69.9 Å². The normalized spacial score (nSPS) is 15.3. The average Bonchev–Trinajstić information content (AvgIpc) is 3.46. The van der Waals surface area contributed by atoms with E-state index in [9.17, 15) is 14.0 Å². The van der Waals surface area contributed by atoms with E-state index in [4.69, 9.17) is 8.83 Å². The molecule has 1 saturated heterocycles. The molecule has 0 bridgehead atoms. The van der Waals surface area contributed by atoms with Gasteiger partial charge in [0.1, 0.15) is 11.6 Å². The molecule has 0 radical (unpaired) electrons. The summed E-state index contributed by atoms with van der Waals surface area (Å²) < 4.78 is 24.0. The molecule has 1 atom stereocenters. The van der Waals surface area contributed by atoms with E-state index in [0.717, 1.165) is 5.56 Å². The third-order valence-electron chi connectivity index (χ3n) is 5.17. The molecule has 6 nitrogen and oxygen atoms in total. The van der Waals surface area contributed by atoms with Crippen molar-refractivity contribution in [3.05, 3.63) is 84.0 Å². The van der Waals surface area contributed by atoms with Crippen LogP contribution in [0.4, 0.5) is 4.39 Å². The van der Waals surface area contributed by atoms with Crippen molar-refractivity contribution >= 4 is 11.8 Å². The third kappa shape index (κ3) is 4.23. The summed E-state index contributed by atoms with van der Waals surface area (Å²) in [6.45, 7) is 1.73. The van der Waals surface area contributed by atoms with E-state index >= 15 is 0 Å². The summed E-state index contributed by atoms with van der Waals surface area (Å²) in [5, 5.41) is 0. The van der Waals surface area contributed by atoms with Crippen LogP contribution in [0.2, 0.25) is 0 Å². The molecule has 1 unspecified atom stereocenters. The van der Waals surface area contributed by atoms with E-state index in [2.05, 4.69) is 0 Å². The first kappa shape index (κ1) is 19.0. The number of hydrogen-bond donors (Lipinski definition) is 0. The van der Waals surface area contributed by atoms with Crippen LogP contribution in [0.25, 0.3) is 0 Å². The van der Waals surface area contributed by atoms with E-state index in [1.807, 2.05) is 6.07 Å². The quantitative estimate of drug-likeness (QED) is 0.664. The SMILES string of the molecule is O=C(c1ccco1)N1CCN(C(=O)C(Cc2ccco2)c2ccc(F)cc2)CC1. The van der Waals surface area contributed by atoms with Crippen LogP contribution in [0.3, 0.4) is 0 Å². The van der Waals surface area contributed by atoms with Crippen molar-refractivity contribution < 1.29 is 22.8 Å². The summed E-state index contributed by atoms with van der Waals surface area (Å²) in [6, 6.07) is 12.9. The topological polar surface area (TPSA) is 66.9 Å². The fourth-order valence-electron chi connectivity index (χ4n) is 3.58. The number of carbonyl (C=O) groups excluding carboxylic acids is 2. The molecule has 4 rings (SSSR count). The molecule has 1 aliphatic heterocycles. The minimum absolute atomic E-state index is 0.0573. The van der Waals surface area contributed by atoms with Gasteiger partial charge in [0.25, 0.3) is 5.91 Å². The molecule has 2 amide bonds. The fraction of sp³-hybridized carbons (Fsp3) is 0.273. The van der Waals surface area contributed by atoms with E-state index in [1.165, 1.54) is 18.4 Å². The van der Waals surface area contributed by atoms with Crippen LogP contribution in [0, 0.1) is 5.82 Å². The maximum Gasteiger partial charge on any atom is 0.289 e. The smallest absolute Gasteiger partial charge is 0.289 e. The second kappa shape index (κ2) is 8.34. The van der Waals surface area contributed by atoms with Crippen LogP contribution in [0.1, 0.15) is 27.8 Å². The average molecular weight is 396 g/mol. The van der Waals surface area contributed by atoms with Gasteiger partial charge in [0.2, 0.25) is 5.91 Å². The van der Waals surface area contributed by atoms with Gasteiger partial charge in [0, 0.05) is 32.6 Å². The molecule has 3 heterocycles. The lowest BCUT2D eigenvalue weighted by molar-refractivity contribution is -0.134. The maximum atomic E-state index is 13.4. The van der Waals surface area contributed by atoms with Crippen molar-refractivity contribution in [1.29, 1.82) is 0 Å². The predicted molar refractivity (Wildman–Crippen MR) is 103 cm³/mol. The molecular formula is C22H21FN2O4. The van der Waals surface area contributed by atoms with Crippen molar-refractivity contribution in [2.45, 2.75) is 12.3 Å². The molecule has 7 heteroatoms. The number of hydrogen-bond acceptors (Lipinski definition) is 4. The highest BCUT2D eigenvalue weighted by atomic mass is 19.1. The van der Waals surface area contributed by atoms with Gasteiger partial charge in [-0.1, -0.05) is 12.1 Å². The molecule has 29 heavy (non-hydrogen) atoms. The molecule has 3 aromatic rings. The number of rotatable bonds is 5. The molecule has 0 aliphatic carbocycles. The minimum atomic E-state index is -0.478. The van der Waals surface area contributed by atoms with Crippen LogP contribution >= 0.6 is 0 Å². The van der Waals surface area contributed by atoms with E-state index in [-0.39, 0.29) is 17.6 Å². The Hall–Kier alpha value is -3.35. The van der Waals surface area contributed by atoms with E-state index in [1.54, 1.807) is 46.4 Å². The Kier molecular flexibility index (Phi) is 5.46. The minimum Gasteiger partial charge on any atom is -0.469 e. The monoisotopic (exact) mass is 396 g/mol. The fourth-order valence-corrected chi connectivity index (χ4v) is 3.58. The largest absolute Gasteiger partial charge is 0.469 e. The summed E-state index contributed by atoms with van der Waals surface area (Å²) in [5.41, 5.74) is 0.738. The number of halogens is 1. The predicted octanol–water partition coefficient (Wildman–Crippen LogP) is 3.32. The molecule has 0 N–H and O–H groups in total. The Balaban J connectivity index is 1.46. The second-order valence-electron chi connectivity index (χ2n) is 6.98. The van der Waals surface area contributed by atoms with E-state index < -0.39 is 5.92 Å². The Labute approximate surface area is 167 Å². The van der Waals surface area contributed by atoms with Gasteiger partial charge in [-0.3, -0.25) is 9.59 Å². The summed E-state index contributed by atoms with van der Waals surface area (Å²) in [7, 11) is 0. The summed E-state index contributed by atoms with van der Waals surface area (Å²) >= 11 is 0. The van der Waals surface area contributed by atoms with Gasteiger partial charge in [-0.25, -0.2) is 4.39 Å². The second-order valence-corrected chi connectivity index (χ2v) is 6.98. The van der Waals surface area contributed by atoms with Gasteiger partial charge in [0.05, 0.1) is 18.4 Å². The molecular weight excluding hydrogens is 375 g/mol. The molecule has 150 valence electrons. The first-order chi connectivity index (χ1) is 14.1. The molecule has 1 aromatic carbocycles. The van der Waals surface area contributed by atoms with E-state index in [0.29, 0.717) is 44.1 Å². The lowest BCUT2D eigenvalue weighted by Gasteiger charge is -2.36. The van der Waals surface area contributed by atoms with Crippen LogP contribution < -0.4 is 0 Å². The molecule has 1 fully saturated rings. The zero-order chi connectivity index (χ0) is 20.2. The van der Waals surface area contributed by atoms with Crippen molar-refractivity contribution in [3.63, 3.8) is 0 Å². The zero-order valence-electron chi connectivity index (χ0n) is 15.8. The van der Waals surface area contributed by atoms with Gasteiger partial charge >= 0.3 is 0 Å². The number of carbonyl (C=O) groups is 2. The Morgan fingerprint density at radius 2 is 1.55 bits per heavy atom. The number of piperazine rings is 1. The van der Waals surface area contributed by atoms with Gasteiger partial charge in [-0.2, -0.15) is 0 Å². The molecule has 0 saturated carbocycles. The van der Waals surface area contributed by atoms with Gasteiger partial charge in [0.15, 0.2) is 5.76 Å². The van der Waals surface area contributed by atoms with Gasteiger partial charge in [-0.15, -0.1) is 0 Å². The van der Waals surface area contributed by atoms with Gasteiger partial charge in [-0.05, 0) is 42.0 Å². The first-order valence-electron chi connectivity index (χ1n) is 9.51. The molecule has 0 spiro atoms. The molecule has 1 aliphatic rings. The Bertz CT molecular complexity index is 943. The number of nitrogens with zero attached hydrogens (tertiary/aromatic N) is 2. The van der Waals surface area contributed by atoms with Crippen LogP contribution in [-0.4, -0.2) is 47.8 Å². The van der Waals surface area contributed by atoms with Crippen LogP contribution in [-0.2, 0) is 11.2 Å². The van der Waals surface area contributed by atoms with Crippen molar-refractivity contribution in [1.82, 2.24) is 9.80 Å². The Morgan fingerprint density at radius 3 is 2.17 bits per heavy atom. The summed E-state index contributed by atoms with van der Waals surface area (Å²) in [5.74, 6) is -0.0611. The van der Waals surface area contributed by atoms with Crippen LogP contribution in [0.5, 0.6) is 0 Å². The molecule has 2 aromatic heterocycles. The summed E-state index contributed by atoms with van der Waals surface area (Å²) in [4.78, 5) is 29.1. The van der Waals surface area contributed by atoms with Crippen molar-refractivity contribution in [2.24, 2.45) is 0 Å². The maximum absolute atomic E-state index is 13.4. The lowest BCUT2D eigenvalue weighted by atomic mass is 9.92. The third-order valence-corrected chi connectivity index (χ3v) is 5.17. The highest BCUT2D eigenvalue weighted by molar-refractivity contribution is 5.91. The number of benzene rings is 1.